The highest BCUT2D eigenvalue weighted by Crippen LogP contribution is 2.28. The van der Waals surface area contributed by atoms with Gasteiger partial charge < -0.3 is 14.0 Å². The van der Waals surface area contributed by atoms with Crippen molar-refractivity contribution in [3.63, 3.8) is 0 Å². The Kier molecular flexibility index (Phi) is 7.19. The van der Waals surface area contributed by atoms with Gasteiger partial charge in [-0.3, -0.25) is 19.7 Å². The van der Waals surface area contributed by atoms with Crippen molar-refractivity contribution in [3.8, 4) is 5.75 Å². The van der Waals surface area contributed by atoms with Crippen LogP contribution in [0.1, 0.15) is 12.8 Å². The van der Waals surface area contributed by atoms with Crippen molar-refractivity contribution in [3.05, 3.63) is 57.4 Å². The summed E-state index contributed by atoms with van der Waals surface area (Å²) in [4.78, 5) is 40.2. The molecular formula is C22H22N4O8S2. The van der Waals surface area contributed by atoms with Crippen molar-refractivity contribution < 1.29 is 32.4 Å². The Morgan fingerprint density at radius 1 is 1.19 bits per heavy atom. The molecule has 14 heteroatoms. The molecular weight excluding hydrogens is 512 g/mol. The number of methoxy groups -OCH3 is 2. The number of carbonyl (C=O) groups excluding carboxylic acids is 2. The van der Waals surface area contributed by atoms with Crippen molar-refractivity contribution in [2.45, 2.75) is 30.3 Å². The predicted molar refractivity (Wildman–Crippen MR) is 129 cm³/mol. The standard InChI is InChI=1S/C22H22N4O8S2/c1-33-15-6-8-16(9-7-15)36(31,32)25-11-3-4-18(25)21(28)23-22-24(13-20(27)34-2)17-10-5-14(26(29)30)12-19(17)35-22/h5-10,12,18H,3-4,11,13H2,1-2H3. The molecule has 3 aromatic rings. The summed E-state index contributed by atoms with van der Waals surface area (Å²) < 4.78 is 39.3. The Morgan fingerprint density at radius 3 is 2.56 bits per heavy atom. The fraction of sp³-hybridized carbons (Fsp3) is 0.318. The normalized spacial score (nSPS) is 16.8. The summed E-state index contributed by atoms with van der Waals surface area (Å²) in [6.45, 7) is -0.125. The second kappa shape index (κ2) is 10.2. The van der Waals surface area contributed by atoms with E-state index >= 15 is 0 Å². The van der Waals surface area contributed by atoms with E-state index in [1.54, 1.807) is 0 Å². The molecule has 0 spiro atoms. The summed E-state index contributed by atoms with van der Waals surface area (Å²) in [5.41, 5.74) is 0.302. The Labute approximate surface area is 209 Å². The van der Waals surface area contributed by atoms with Crippen LogP contribution in [-0.4, -0.2) is 60.9 Å². The lowest BCUT2D eigenvalue weighted by Gasteiger charge is -2.21. The van der Waals surface area contributed by atoms with Gasteiger partial charge in [-0.25, -0.2) is 8.42 Å². The monoisotopic (exact) mass is 534 g/mol. The van der Waals surface area contributed by atoms with Gasteiger partial charge in [-0.15, -0.1) is 0 Å². The van der Waals surface area contributed by atoms with Crippen LogP contribution < -0.4 is 9.54 Å². The first-order valence-corrected chi connectivity index (χ1v) is 13.0. The number of nitrogens with zero attached hydrogens (tertiary/aromatic N) is 4. The topological polar surface area (TPSA) is 150 Å². The third-order valence-electron chi connectivity index (χ3n) is 5.75. The van der Waals surface area contributed by atoms with Crippen molar-refractivity contribution in [2.24, 2.45) is 4.99 Å². The molecule has 1 amide bonds. The van der Waals surface area contributed by atoms with E-state index < -0.39 is 32.9 Å². The van der Waals surface area contributed by atoms with Crippen LogP contribution in [0.2, 0.25) is 0 Å². The van der Waals surface area contributed by atoms with E-state index in [9.17, 15) is 28.1 Å². The number of fused-ring (bicyclic) bond motifs is 1. The summed E-state index contributed by atoms with van der Waals surface area (Å²) >= 11 is 0.986. The van der Waals surface area contributed by atoms with Gasteiger partial charge in [0.25, 0.3) is 11.6 Å². The minimum atomic E-state index is -3.98. The van der Waals surface area contributed by atoms with E-state index in [-0.39, 0.29) is 34.9 Å². The van der Waals surface area contributed by atoms with E-state index in [4.69, 9.17) is 9.47 Å². The molecule has 0 N–H and O–H groups in total. The number of thiazole rings is 1. The van der Waals surface area contributed by atoms with Crippen molar-refractivity contribution in [2.75, 3.05) is 20.8 Å². The average Bonchev–Trinajstić information content (AvgIpc) is 3.49. The fourth-order valence-corrected chi connectivity index (χ4v) is 6.65. The number of hydrogen-bond acceptors (Lipinski definition) is 9. The number of nitro benzene ring substituents is 1. The second-order valence-corrected chi connectivity index (χ2v) is 10.8. The van der Waals surface area contributed by atoms with Gasteiger partial charge >= 0.3 is 5.97 Å². The van der Waals surface area contributed by atoms with Crippen LogP contribution in [0.3, 0.4) is 0 Å². The molecule has 2 heterocycles. The molecule has 0 aliphatic carbocycles. The lowest BCUT2D eigenvalue weighted by molar-refractivity contribution is -0.384. The molecule has 0 radical (unpaired) electrons. The van der Waals surface area contributed by atoms with E-state index in [0.717, 1.165) is 15.6 Å². The lowest BCUT2D eigenvalue weighted by atomic mass is 10.2. The number of sulfonamides is 1. The highest BCUT2D eigenvalue weighted by molar-refractivity contribution is 7.89. The summed E-state index contributed by atoms with van der Waals surface area (Å²) in [7, 11) is -1.29. The van der Waals surface area contributed by atoms with Crippen LogP contribution in [-0.2, 0) is 30.9 Å². The first-order chi connectivity index (χ1) is 17.1. The van der Waals surface area contributed by atoms with Gasteiger partial charge in [-0.2, -0.15) is 9.30 Å². The van der Waals surface area contributed by atoms with Crippen LogP contribution >= 0.6 is 11.3 Å². The number of rotatable bonds is 7. The van der Waals surface area contributed by atoms with Gasteiger partial charge in [-0.1, -0.05) is 11.3 Å². The number of aromatic nitrogens is 1. The summed E-state index contributed by atoms with van der Waals surface area (Å²) in [5.74, 6) is -0.797. The van der Waals surface area contributed by atoms with E-state index in [1.165, 1.54) is 61.3 Å². The van der Waals surface area contributed by atoms with Crippen molar-refractivity contribution in [1.82, 2.24) is 8.87 Å². The first kappa shape index (κ1) is 25.5. The maximum absolute atomic E-state index is 13.3. The van der Waals surface area contributed by atoms with Crippen molar-refractivity contribution >= 4 is 49.1 Å². The molecule has 36 heavy (non-hydrogen) atoms. The third kappa shape index (κ3) is 4.87. The number of non-ortho nitro benzene ring substituents is 1. The van der Waals surface area contributed by atoms with Crippen LogP contribution in [0.4, 0.5) is 5.69 Å². The summed E-state index contributed by atoms with van der Waals surface area (Å²) in [6, 6.07) is 8.92. The quantitative estimate of drug-likeness (QED) is 0.254. The molecule has 1 aliphatic rings. The first-order valence-electron chi connectivity index (χ1n) is 10.7. The smallest absolute Gasteiger partial charge is 0.325 e. The molecule has 12 nitrogen and oxygen atoms in total. The maximum Gasteiger partial charge on any atom is 0.325 e. The highest BCUT2D eigenvalue weighted by Gasteiger charge is 2.39. The molecule has 0 bridgehead atoms. The van der Waals surface area contributed by atoms with Crippen LogP contribution in [0.25, 0.3) is 10.2 Å². The van der Waals surface area contributed by atoms with E-state index in [2.05, 4.69) is 4.99 Å². The largest absolute Gasteiger partial charge is 0.497 e. The number of hydrogen-bond donors (Lipinski definition) is 0. The zero-order chi connectivity index (χ0) is 26.0. The molecule has 2 aromatic carbocycles. The molecule has 1 unspecified atom stereocenters. The minimum Gasteiger partial charge on any atom is -0.497 e. The van der Waals surface area contributed by atoms with Gasteiger partial charge in [0, 0.05) is 18.7 Å². The molecule has 1 saturated heterocycles. The Morgan fingerprint density at radius 2 is 1.92 bits per heavy atom. The molecule has 4 rings (SSSR count). The molecule has 1 fully saturated rings. The van der Waals surface area contributed by atoms with Crippen LogP contribution in [0, 0.1) is 10.1 Å². The average molecular weight is 535 g/mol. The van der Waals surface area contributed by atoms with E-state index in [0.29, 0.717) is 22.4 Å². The third-order valence-corrected chi connectivity index (χ3v) is 8.72. The lowest BCUT2D eigenvalue weighted by Crippen LogP contribution is -2.40. The molecule has 1 aromatic heterocycles. The van der Waals surface area contributed by atoms with Crippen molar-refractivity contribution in [1.29, 1.82) is 0 Å². The summed E-state index contributed by atoms with van der Waals surface area (Å²) in [5, 5.41) is 11.2. The number of nitro groups is 1. The highest BCUT2D eigenvalue weighted by atomic mass is 32.2. The summed E-state index contributed by atoms with van der Waals surface area (Å²) in [6.07, 6.45) is 0.757. The van der Waals surface area contributed by atoms with Crippen LogP contribution in [0.5, 0.6) is 5.75 Å². The van der Waals surface area contributed by atoms with Gasteiger partial charge in [0.1, 0.15) is 18.3 Å². The number of benzene rings is 2. The molecule has 0 saturated carbocycles. The number of esters is 1. The Balaban J connectivity index is 1.73. The van der Waals surface area contributed by atoms with Gasteiger partial charge in [0.2, 0.25) is 10.0 Å². The fourth-order valence-electron chi connectivity index (χ4n) is 3.93. The molecule has 1 atom stereocenters. The number of carbonyl (C=O) groups is 2. The maximum atomic E-state index is 13.3. The van der Waals surface area contributed by atoms with Crippen LogP contribution in [0.15, 0.2) is 52.4 Å². The van der Waals surface area contributed by atoms with Gasteiger partial charge in [0.05, 0.1) is 34.3 Å². The number of amides is 1. The molecule has 1 aliphatic heterocycles. The zero-order valence-electron chi connectivity index (χ0n) is 19.3. The zero-order valence-corrected chi connectivity index (χ0v) is 21.0. The van der Waals surface area contributed by atoms with Gasteiger partial charge in [0.15, 0.2) is 4.80 Å². The van der Waals surface area contributed by atoms with E-state index in [1.807, 2.05) is 0 Å². The SMILES string of the molecule is COC(=O)Cn1c(=NC(=O)C2CCCN2S(=O)(=O)c2ccc(OC)cc2)sc2cc([N+](=O)[O-])ccc21. The predicted octanol–water partition coefficient (Wildman–Crippen LogP) is 2.07. The Hall–Kier alpha value is -3.62. The van der Waals surface area contributed by atoms with Gasteiger partial charge in [-0.05, 0) is 43.2 Å². The second-order valence-electron chi connectivity index (χ2n) is 7.86. The minimum absolute atomic E-state index is 0.0259. The number of ether oxygens (including phenoxy) is 2. The molecule has 190 valence electrons. The Bertz CT molecular complexity index is 1510.